The SMILES string of the molecule is CCCC(C)N(C)c1c(F)cccc1C(=O)O. The molecule has 1 N–H and O–H groups in total. The van der Waals surface area contributed by atoms with Crippen LogP contribution in [0.1, 0.15) is 37.0 Å². The van der Waals surface area contributed by atoms with Crippen LogP contribution in [0, 0.1) is 5.82 Å². The van der Waals surface area contributed by atoms with Gasteiger partial charge in [0.05, 0.1) is 11.3 Å². The number of hydrogen-bond donors (Lipinski definition) is 1. The van der Waals surface area contributed by atoms with Crippen LogP contribution in [-0.2, 0) is 0 Å². The standard InChI is InChI=1S/C13H18FNO2/c1-4-6-9(2)15(3)12-10(13(16)17)7-5-8-11(12)14/h5,7-9H,4,6H2,1-3H3,(H,16,17). The Morgan fingerprint density at radius 2 is 2.18 bits per heavy atom. The molecule has 0 aliphatic rings. The predicted octanol–water partition coefficient (Wildman–Crippen LogP) is 3.15. The minimum absolute atomic E-state index is 0.00968. The van der Waals surface area contributed by atoms with Crippen molar-refractivity contribution in [2.45, 2.75) is 32.7 Å². The van der Waals surface area contributed by atoms with Crippen LogP contribution in [0.25, 0.3) is 0 Å². The molecular formula is C13H18FNO2. The first-order valence-corrected chi connectivity index (χ1v) is 5.73. The van der Waals surface area contributed by atoms with Crippen LogP contribution in [-0.4, -0.2) is 24.2 Å². The minimum atomic E-state index is -1.10. The molecule has 17 heavy (non-hydrogen) atoms. The van der Waals surface area contributed by atoms with Gasteiger partial charge in [0.25, 0.3) is 0 Å². The Morgan fingerprint density at radius 1 is 1.53 bits per heavy atom. The summed E-state index contributed by atoms with van der Waals surface area (Å²) in [4.78, 5) is 12.8. The van der Waals surface area contributed by atoms with E-state index >= 15 is 0 Å². The van der Waals surface area contributed by atoms with E-state index in [0.717, 1.165) is 12.8 Å². The zero-order chi connectivity index (χ0) is 13.0. The summed E-state index contributed by atoms with van der Waals surface area (Å²) in [5, 5.41) is 9.06. The average Bonchev–Trinajstić information content (AvgIpc) is 2.28. The summed E-state index contributed by atoms with van der Waals surface area (Å²) in [7, 11) is 1.73. The zero-order valence-electron chi connectivity index (χ0n) is 10.4. The normalized spacial score (nSPS) is 12.2. The summed E-state index contributed by atoms with van der Waals surface area (Å²) >= 11 is 0. The fourth-order valence-corrected chi connectivity index (χ4v) is 1.88. The third-order valence-corrected chi connectivity index (χ3v) is 2.94. The second-order valence-electron chi connectivity index (χ2n) is 4.19. The topological polar surface area (TPSA) is 40.5 Å². The highest BCUT2D eigenvalue weighted by molar-refractivity contribution is 5.94. The summed E-state index contributed by atoms with van der Waals surface area (Å²) in [6, 6.07) is 4.24. The summed E-state index contributed by atoms with van der Waals surface area (Å²) in [5.74, 6) is -1.59. The van der Waals surface area contributed by atoms with Crippen molar-refractivity contribution >= 4 is 11.7 Å². The van der Waals surface area contributed by atoms with Gasteiger partial charge in [-0.25, -0.2) is 9.18 Å². The summed E-state index contributed by atoms with van der Waals surface area (Å²) in [6.07, 6.45) is 1.87. The summed E-state index contributed by atoms with van der Waals surface area (Å²) < 4.78 is 13.8. The van der Waals surface area contributed by atoms with Crippen molar-refractivity contribution in [1.29, 1.82) is 0 Å². The van der Waals surface area contributed by atoms with Gasteiger partial charge in [-0.2, -0.15) is 0 Å². The van der Waals surface area contributed by atoms with Gasteiger partial charge in [-0.15, -0.1) is 0 Å². The van der Waals surface area contributed by atoms with Gasteiger partial charge in [-0.3, -0.25) is 0 Å². The van der Waals surface area contributed by atoms with E-state index in [2.05, 4.69) is 0 Å². The Bertz CT molecular complexity index is 406. The van der Waals surface area contributed by atoms with E-state index in [1.807, 2.05) is 13.8 Å². The molecule has 0 amide bonds. The molecule has 0 fully saturated rings. The number of nitrogens with zero attached hydrogens (tertiary/aromatic N) is 1. The van der Waals surface area contributed by atoms with Gasteiger partial charge in [-0.1, -0.05) is 19.4 Å². The molecule has 1 aromatic rings. The largest absolute Gasteiger partial charge is 0.478 e. The zero-order valence-corrected chi connectivity index (χ0v) is 10.4. The van der Waals surface area contributed by atoms with E-state index in [4.69, 9.17) is 5.11 Å². The quantitative estimate of drug-likeness (QED) is 0.858. The van der Waals surface area contributed by atoms with Crippen LogP contribution in [0.3, 0.4) is 0 Å². The van der Waals surface area contributed by atoms with Crippen LogP contribution in [0.15, 0.2) is 18.2 Å². The van der Waals surface area contributed by atoms with Crippen molar-refractivity contribution in [3.63, 3.8) is 0 Å². The van der Waals surface area contributed by atoms with Gasteiger partial charge in [-0.05, 0) is 25.5 Å². The molecular weight excluding hydrogens is 221 g/mol. The van der Waals surface area contributed by atoms with E-state index in [1.54, 1.807) is 11.9 Å². The van der Waals surface area contributed by atoms with E-state index in [0.29, 0.717) is 0 Å². The van der Waals surface area contributed by atoms with E-state index in [1.165, 1.54) is 18.2 Å². The number of carboxylic acid groups (broad SMARTS) is 1. The van der Waals surface area contributed by atoms with Crippen molar-refractivity contribution in [2.75, 3.05) is 11.9 Å². The highest BCUT2D eigenvalue weighted by atomic mass is 19.1. The predicted molar refractivity (Wildman–Crippen MR) is 66.1 cm³/mol. The molecule has 1 unspecified atom stereocenters. The maximum atomic E-state index is 13.8. The van der Waals surface area contributed by atoms with E-state index in [9.17, 15) is 9.18 Å². The monoisotopic (exact) mass is 239 g/mol. The first-order valence-electron chi connectivity index (χ1n) is 5.73. The fraction of sp³-hybridized carbons (Fsp3) is 0.462. The molecule has 94 valence electrons. The van der Waals surface area contributed by atoms with Crippen LogP contribution < -0.4 is 4.90 Å². The molecule has 0 bridgehead atoms. The van der Waals surface area contributed by atoms with Crippen LogP contribution in [0.2, 0.25) is 0 Å². The number of carboxylic acids is 1. The van der Waals surface area contributed by atoms with Crippen molar-refractivity contribution in [3.8, 4) is 0 Å². The fourth-order valence-electron chi connectivity index (χ4n) is 1.88. The lowest BCUT2D eigenvalue weighted by Gasteiger charge is -2.28. The summed E-state index contributed by atoms with van der Waals surface area (Å²) in [6.45, 7) is 4.01. The maximum Gasteiger partial charge on any atom is 0.337 e. The molecule has 0 saturated carbocycles. The van der Waals surface area contributed by atoms with Gasteiger partial charge in [0.2, 0.25) is 0 Å². The first kappa shape index (κ1) is 13.5. The van der Waals surface area contributed by atoms with Crippen molar-refractivity contribution in [2.24, 2.45) is 0 Å². The molecule has 1 aromatic carbocycles. The lowest BCUT2D eigenvalue weighted by molar-refractivity contribution is 0.0697. The smallest absolute Gasteiger partial charge is 0.337 e. The van der Waals surface area contributed by atoms with Crippen molar-refractivity contribution in [3.05, 3.63) is 29.6 Å². The third kappa shape index (κ3) is 2.96. The number of carbonyl (C=O) groups is 1. The first-order chi connectivity index (χ1) is 7.99. The van der Waals surface area contributed by atoms with Gasteiger partial charge in [0.1, 0.15) is 5.82 Å². The molecule has 0 heterocycles. The second kappa shape index (κ2) is 5.66. The minimum Gasteiger partial charge on any atom is -0.478 e. The molecule has 1 atom stereocenters. The lowest BCUT2D eigenvalue weighted by atomic mass is 10.1. The number of aromatic carboxylic acids is 1. The third-order valence-electron chi connectivity index (χ3n) is 2.94. The van der Waals surface area contributed by atoms with Gasteiger partial charge < -0.3 is 10.0 Å². The number of hydrogen-bond acceptors (Lipinski definition) is 2. The highest BCUT2D eigenvalue weighted by Gasteiger charge is 2.20. The molecule has 0 aliphatic heterocycles. The highest BCUT2D eigenvalue weighted by Crippen LogP contribution is 2.26. The van der Waals surface area contributed by atoms with Gasteiger partial charge in [0.15, 0.2) is 0 Å². The van der Waals surface area contributed by atoms with Crippen LogP contribution in [0.5, 0.6) is 0 Å². The van der Waals surface area contributed by atoms with Crippen LogP contribution >= 0.6 is 0 Å². The van der Waals surface area contributed by atoms with Crippen LogP contribution in [0.4, 0.5) is 10.1 Å². The number of anilines is 1. The molecule has 0 aromatic heterocycles. The Hall–Kier alpha value is -1.58. The van der Waals surface area contributed by atoms with E-state index < -0.39 is 11.8 Å². The molecule has 4 heteroatoms. The van der Waals surface area contributed by atoms with Gasteiger partial charge >= 0.3 is 5.97 Å². The maximum absolute atomic E-state index is 13.8. The Kier molecular flexibility index (Phi) is 4.49. The van der Waals surface area contributed by atoms with Gasteiger partial charge in [0, 0.05) is 13.1 Å². The molecule has 3 nitrogen and oxygen atoms in total. The van der Waals surface area contributed by atoms with Crippen molar-refractivity contribution in [1.82, 2.24) is 0 Å². The second-order valence-corrected chi connectivity index (χ2v) is 4.19. The number of halogens is 1. The Balaban J connectivity index is 3.15. The van der Waals surface area contributed by atoms with Crippen molar-refractivity contribution < 1.29 is 14.3 Å². The Morgan fingerprint density at radius 3 is 2.71 bits per heavy atom. The van der Waals surface area contributed by atoms with E-state index in [-0.39, 0.29) is 17.3 Å². The number of rotatable bonds is 5. The molecule has 0 aliphatic carbocycles. The molecule has 1 rings (SSSR count). The number of benzene rings is 1. The average molecular weight is 239 g/mol. The lowest BCUT2D eigenvalue weighted by Crippen LogP contribution is -2.31. The molecule has 0 saturated heterocycles. The number of para-hydroxylation sites is 1. The Labute approximate surface area is 101 Å². The summed E-state index contributed by atoms with van der Waals surface area (Å²) in [5.41, 5.74) is 0.177. The molecule has 0 spiro atoms. The molecule has 0 radical (unpaired) electrons.